The fraction of sp³-hybridized carbons (Fsp3) is 0.412. The molecule has 0 bridgehead atoms. The molecule has 1 unspecified atom stereocenters. The van der Waals surface area contributed by atoms with Crippen LogP contribution in [0.15, 0.2) is 34.9 Å². The molecule has 0 saturated carbocycles. The van der Waals surface area contributed by atoms with Crippen molar-refractivity contribution >= 4 is 5.91 Å². The number of benzene rings is 1. The van der Waals surface area contributed by atoms with E-state index in [0.717, 1.165) is 25.2 Å². The minimum Gasteiger partial charge on any atom is -0.446 e. The third-order valence-corrected chi connectivity index (χ3v) is 3.70. The van der Waals surface area contributed by atoms with Gasteiger partial charge in [-0.2, -0.15) is 13.2 Å². The Kier molecular flexibility index (Phi) is 6.19. The third-order valence-electron chi connectivity index (χ3n) is 3.70. The summed E-state index contributed by atoms with van der Waals surface area (Å²) in [5.74, 6) is -0.371. The van der Waals surface area contributed by atoms with Crippen molar-refractivity contribution in [3.8, 4) is 0 Å². The molecule has 2 aromatic rings. The van der Waals surface area contributed by atoms with Gasteiger partial charge >= 0.3 is 6.18 Å². The molecule has 0 saturated heterocycles. The van der Waals surface area contributed by atoms with Crippen LogP contribution >= 0.6 is 0 Å². The molecule has 0 spiro atoms. The lowest BCUT2D eigenvalue weighted by molar-refractivity contribution is -0.138. The summed E-state index contributed by atoms with van der Waals surface area (Å²) in [6, 6.07) is 4.67. The van der Waals surface area contributed by atoms with Crippen molar-refractivity contribution in [2.75, 3.05) is 0 Å². The summed E-state index contributed by atoms with van der Waals surface area (Å²) in [5.41, 5.74) is 5.10. The number of oxazole rings is 1. The van der Waals surface area contributed by atoms with Crippen LogP contribution in [0.5, 0.6) is 0 Å². The van der Waals surface area contributed by atoms with Crippen LogP contribution in [-0.4, -0.2) is 10.9 Å². The van der Waals surface area contributed by atoms with Crippen molar-refractivity contribution in [1.29, 1.82) is 0 Å². The van der Waals surface area contributed by atoms with Crippen molar-refractivity contribution in [3.63, 3.8) is 0 Å². The van der Waals surface area contributed by atoms with Crippen LogP contribution in [0.4, 0.5) is 13.2 Å². The van der Waals surface area contributed by atoms with Crippen LogP contribution in [0.1, 0.15) is 59.7 Å². The summed E-state index contributed by atoms with van der Waals surface area (Å²) in [4.78, 5) is 16.1. The normalized spacial score (nSPS) is 12.8. The highest BCUT2D eigenvalue weighted by Gasteiger charge is 2.32. The van der Waals surface area contributed by atoms with Gasteiger partial charge in [-0.25, -0.2) is 4.98 Å². The Hall–Kier alpha value is -2.35. The van der Waals surface area contributed by atoms with E-state index in [2.05, 4.69) is 10.3 Å². The van der Waals surface area contributed by atoms with E-state index in [1.165, 1.54) is 18.2 Å². The third kappa shape index (κ3) is 5.06. The molecule has 136 valence electrons. The van der Waals surface area contributed by atoms with Crippen LogP contribution in [0, 0.1) is 0 Å². The first kappa shape index (κ1) is 19.0. The number of alkyl halides is 3. The predicted molar refractivity (Wildman–Crippen MR) is 85.6 cm³/mol. The summed E-state index contributed by atoms with van der Waals surface area (Å²) < 4.78 is 44.0. The van der Waals surface area contributed by atoms with Crippen LogP contribution in [0.2, 0.25) is 0 Å². The molecule has 0 aliphatic rings. The van der Waals surface area contributed by atoms with Gasteiger partial charge in [0.2, 0.25) is 5.89 Å². The molecule has 25 heavy (non-hydrogen) atoms. The number of rotatable bonds is 7. The molecule has 0 fully saturated rings. The van der Waals surface area contributed by atoms with Crippen molar-refractivity contribution < 1.29 is 22.4 Å². The van der Waals surface area contributed by atoms with Gasteiger partial charge in [0.1, 0.15) is 6.26 Å². The van der Waals surface area contributed by atoms with Crippen LogP contribution in [-0.2, 0) is 12.7 Å². The number of carbonyl (C=O) groups excluding carboxylic acids is 1. The second-order valence-electron chi connectivity index (χ2n) is 5.66. The second kappa shape index (κ2) is 8.15. The number of amides is 1. The Morgan fingerprint density at radius 2 is 2.08 bits per heavy atom. The maximum Gasteiger partial charge on any atom is 0.416 e. The van der Waals surface area contributed by atoms with E-state index in [-0.39, 0.29) is 23.7 Å². The van der Waals surface area contributed by atoms with Crippen molar-refractivity contribution in [3.05, 3.63) is 53.2 Å². The Bertz CT molecular complexity index is 713. The maximum absolute atomic E-state index is 12.9. The average Bonchev–Trinajstić information content (AvgIpc) is 3.07. The van der Waals surface area contributed by atoms with Crippen LogP contribution in [0.25, 0.3) is 0 Å². The molecule has 3 N–H and O–H groups in total. The fourth-order valence-electron chi connectivity index (χ4n) is 2.33. The Morgan fingerprint density at radius 1 is 1.36 bits per heavy atom. The fourth-order valence-corrected chi connectivity index (χ4v) is 2.33. The Balaban J connectivity index is 2.01. The molecule has 2 rings (SSSR count). The molecule has 5 nitrogen and oxygen atoms in total. The molecular formula is C17H20F3N3O2. The van der Waals surface area contributed by atoms with Gasteiger partial charge in [0.15, 0.2) is 5.69 Å². The summed E-state index contributed by atoms with van der Waals surface area (Å²) in [6.45, 7) is 1.76. The zero-order chi connectivity index (χ0) is 18.4. The van der Waals surface area contributed by atoms with Crippen molar-refractivity contribution in [2.24, 2.45) is 5.73 Å². The molecule has 1 heterocycles. The number of halogens is 3. The van der Waals surface area contributed by atoms with Crippen LogP contribution < -0.4 is 11.1 Å². The number of nitrogens with two attached hydrogens (primary N) is 1. The summed E-state index contributed by atoms with van der Waals surface area (Å²) >= 11 is 0. The number of aromatic nitrogens is 1. The zero-order valence-electron chi connectivity index (χ0n) is 13.8. The molecule has 0 aliphatic heterocycles. The average molecular weight is 355 g/mol. The minimum atomic E-state index is -4.48. The summed E-state index contributed by atoms with van der Waals surface area (Å²) in [7, 11) is 0. The van der Waals surface area contributed by atoms with Gasteiger partial charge in [0.25, 0.3) is 5.91 Å². The quantitative estimate of drug-likeness (QED) is 0.791. The van der Waals surface area contributed by atoms with E-state index < -0.39 is 23.7 Å². The first-order chi connectivity index (χ1) is 11.8. The smallest absolute Gasteiger partial charge is 0.416 e. The van der Waals surface area contributed by atoms with Gasteiger partial charge < -0.3 is 15.5 Å². The number of hydrogen-bond donors (Lipinski definition) is 2. The van der Waals surface area contributed by atoms with Crippen LogP contribution in [0.3, 0.4) is 0 Å². The first-order valence-corrected chi connectivity index (χ1v) is 7.97. The lowest BCUT2D eigenvalue weighted by Crippen LogP contribution is -2.25. The molecule has 0 radical (unpaired) electrons. The molecule has 1 aromatic carbocycles. The van der Waals surface area contributed by atoms with E-state index in [1.54, 1.807) is 0 Å². The minimum absolute atomic E-state index is 0.00793. The lowest BCUT2D eigenvalue weighted by Gasteiger charge is -2.12. The maximum atomic E-state index is 12.9. The number of unbranched alkanes of at least 4 members (excludes halogenated alkanes) is 1. The largest absolute Gasteiger partial charge is 0.446 e. The Morgan fingerprint density at radius 3 is 2.76 bits per heavy atom. The molecule has 1 atom stereocenters. The van der Waals surface area contributed by atoms with E-state index in [9.17, 15) is 18.0 Å². The van der Waals surface area contributed by atoms with Gasteiger partial charge in [-0.1, -0.05) is 38.0 Å². The standard InChI is InChI=1S/C17H20F3N3O2/c1-2-3-8-13(21)16-23-14(10-25-16)15(24)22-9-11-6-4-5-7-12(11)17(18,19)20/h4-7,10,13H,2-3,8-9,21H2,1H3,(H,22,24). The van der Waals surface area contributed by atoms with E-state index in [0.29, 0.717) is 6.42 Å². The topological polar surface area (TPSA) is 81.1 Å². The first-order valence-electron chi connectivity index (χ1n) is 7.97. The molecule has 8 heteroatoms. The second-order valence-corrected chi connectivity index (χ2v) is 5.66. The van der Waals surface area contributed by atoms with Gasteiger partial charge in [-0.05, 0) is 18.1 Å². The number of hydrogen-bond acceptors (Lipinski definition) is 4. The molecular weight excluding hydrogens is 335 g/mol. The highest BCUT2D eigenvalue weighted by atomic mass is 19.4. The summed E-state index contributed by atoms with van der Waals surface area (Å²) in [6.07, 6.45) is -0.767. The number of carbonyl (C=O) groups is 1. The van der Waals surface area contributed by atoms with Gasteiger partial charge in [0, 0.05) is 6.54 Å². The highest BCUT2D eigenvalue weighted by molar-refractivity contribution is 5.91. The van der Waals surface area contributed by atoms with Crippen molar-refractivity contribution in [2.45, 2.75) is 44.9 Å². The number of nitrogens with zero attached hydrogens (tertiary/aromatic N) is 1. The predicted octanol–water partition coefficient (Wildman–Crippen LogP) is 3.81. The SMILES string of the molecule is CCCCC(N)c1nc(C(=O)NCc2ccccc2C(F)(F)F)co1. The lowest BCUT2D eigenvalue weighted by atomic mass is 10.1. The summed E-state index contributed by atoms with van der Waals surface area (Å²) in [5, 5.41) is 2.42. The monoisotopic (exact) mass is 355 g/mol. The van der Waals surface area contributed by atoms with E-state index in [1.807, 2.05) is 6.92 Å². The number of nitrogens with one attached hydrogen (secondary N) is 1. The highest BCUT2D eigenvalue weighted by Crippen LogP contribution is 2.31. The van der Waals surface area contributed by atoms with E-state index in [4.69, 9.17) is 10.2 Å². The molecule has 0 aliphatic carbocycles. The van der Waals surface area contributed by atoms with E-state index >= 15 is 0 Å². The van der Waals surface area contributed by atoms with Gasteiger partial charge in [-0.3, -0.25) is 4.79 Å². The molecule has 1 amide bonds. The molecule has 1 aromatic heterocycles. The van der Waals surface area contributed by atoms with Crippen molar-refractivity contribution in [1.82, 2.24) is 10.3 Å². The van der Waals surface area contributed by atoms with Gasteiger partial charge in [0.05, 0.1) is 11.6 Å². The van der Waals surface area contributed by atoms with Gasteiger partial charge in [-0.15, -0.1) is 0 Å². The zero-order valence-corrected chi connectivity index (χ0v) is 13.8. The Labute approximate surface area is 143 Å².